The van der Waals surface area contributed by atoms with Crippen LogP contribution in [0.3, 0.4) is 0 Å². The minimum atomic E-state index is -2.45. The number of unbranched alkanes of at least 4 members (excludes halogenated alkanes) is 1. The van der Waals surface area contributed by atoms with Crippen LogP contribution in [-0.2, 0) is 20.9 Å². The molecule has 0 aromatic heterocycles. The molecule has 104 valence electrons. The first-order valence-electron chi connectivity index (χ1n) is 5.48. The van der Waals surface area contributed by atoms with Gasteiger partial charge in [-0.15, -0.1) is 0 Å². The molecule has 0 fully saturated rings. The fraction of sp³-hybridized carbons (Fsp3) is 1.00. The highest BCUT2D eigenvalue weighted by Crippen LogP contribution is 2.60. The van der Waals surface area contributed by atoms with E-state index in [1.54, 1.807) is 0 Å². The summed E-state index contributed by atoms with van der Waals surface area (Å²) in [5, 5.41) is -0.272. The van der Waals surface area contributed by atoms with E-state index in [2.05, 4.69) is 6.92 Å². The summed E-state index contributed by atoms with van der Waals surface area (Å²) in [5.74, 6) is 0. The second-order valence-electron chi connectivity index (χ2n) is 4.74. The summed E-state index contributed by atoms with van der Waals surface area (Å²) in [6.45, 7) is 6.14. The summed E-state index contributed by atoms with van der Waals surface area (Å²) < 4.78 is 9.92. The third kappa shape index (κ3) is 7.57. The van der Waals surface area contributed by atoms with E-state index in [-0.39, 0.29) is 11.8 Å². The smallest absolute Gasteiger partial charge is 0.213 e. The Morgan fingerprint density at radius 3 is 2.00 bits per heavy atom. The van der Waals surface area contributed by atoms with E-state index in [9.17, 15) is 0 Å². The maximum Gasteiger partial charge on any atom is 0.213 e. The molecule has 7 heteroatoms. The molecule has 0 spiro atoms. The van der Waals surface area contributed by atoms with Crippen LogP contribution in [0, 0.1) is 0 Å². The third-order valence-corrected chi connectivity index (χ3v) is 7.22. The predicted octanol–water partition coefficient (Wildman–Crippen LogP) is 5.30. The fourth-order valence-electron chi connectivity index (χ4n) is 0.912. The molecule has 17 heavy (non-hydrogen) atoms. The average Bonchev–Trinajstić information content (AvgIpc) is 2.12. The number of alkyl halides is 3. The second-order valence-corrected chi connectivity index (χ2v) is 11.6. The Bertz CT molecular complexity index is 274. The summed E-state index contributed by atoms with van der Waals surface area (Å²) in [6, 6.07) is 0. The van der Waals surface area contributed by atoms with E-state index in [4.69, 9.17) is 55.7 Å². The van der Waals surface area contributed by atoms with Crippen LogP contribution in [-0.4, -0.2) is 22.2 Å². The normalized spacial score (nSPS) is 16.9. The Kier molecular flexibility index (Phi) is 7.90. The van der Waals surface area contributed by atoms with Gasteiger partial charge in [-0.3, -0.25) is 0 Å². The third-order valence-electron chi connectivity index (χ3n) is 1.98. The molecule has 0 aromatic carbocycles. The molecule has 0 saturated carbocycles. The van der Waals surface area contributed by atoms with Crippen LogP contribution >= 0.6 is 41.3 Å². The van der Waals surface area contributed by atoms with Crippen molar-refractivity contribution in [1.82, 2.24) is 0 Å². The van der Waals surface area contributed by atoms with Crippen LogP contribution in [0.4, 0.5) is 0 Å². The number of rotatable bonds is 6. The van der Waals surface area contributed by atoms with Crippen LogP contribution in [0.2, 0.25) is 0 Å². The molecule has 0 aliphatic carbocycles. The van der Waals surface area contributed by atoms with Crippen molar-refractivity contribution in [2.45, 2.75) is 49.5 Å². The van der Waals surface area contributed by atoms with Crippen molar-refractivity contribution in [1.29, 1.82) is 0 Å². The number of halogens is 3. The van der Waals surface area contributed by atoms with Gasteiger partial charge in [-0.1, -0.05) is 68.9 Å². The molecule has 0 radical (unpaired) electrons. The first-order valence-corrected chi connectivity index (χ1v) is 9.25. The van der Waals surface area contributed by atoms with Crippen LogP contribution in [0.25, 0.3) is 0 Å². The topological polar surface area (TPSA) is 18.5 Å². The molecule has 0 aliphatic heterocycles. The molecule has 0 N–H and O–H groups in total. The van der Waals surface area contributed by atoms with E-state index >= 15 is 0 Å². The van der Waals surface area contributed by atoms with Gasteiger partial charge in [0.15, 0.2) is 6.49 Å². The van der Waals surface area contributed by atoms with Gasteiger partial charge in [-0.2, -0.15) is 0 Å². The average molecular weight is 342 g/mol. The van der Waals surface area contributed by atoms with E-state index in [0.29, 0.717) is 6.61 Å². The maximum absolute atomic E-state index is 5.76. The minimum Gasteiger partial charge on any atom is -0.329 e. The zero-order valence-electron chi connectivity index (χ0n) is 10.6. The van der Waals surface area contributed by atoms with Gasteiger partial charge in [-0.05, 0) is 18.2 Å². The van der Waals surface area contributed by atoms with Crippen molar-refractivity contribution in [2.24, 2.45) is 0 Å². The van der Waals surface area contributed by atoms with Crippen LogP contribution in [0.15, 0.2) is 0 Å². The molecule has 0 bridgehead atoms. The van der Waals surface area contributed by atoms with Crippen LogP contribution < -0.4 is 0 Å². The lowest BCUT2D eigenvalue weighted by molar-refractivity contribution is 0.233. The van der Waals surface area contributed by atoms with Gasteiger partial charge in [0.05, 0.1) is 6.61 Å². The van der Waals surface area contributed by atoms with Gasteiger partial charge >= 0.3 is 0 Å². The van der Waals surface area contributed by atoms with Gasteiger partial charge in [0, 0.05) is 5.16 Å². The fourth-order valence-corrected chi connectivity index (χ4v) is 3.27. The van der Waals surface area contributed by atoms with Crippen molar-refractivity contribution < 1.29 is 9.05 Å². The molecule has 0 saturated heterocycles. The highest BCUT2D eigenvalue weighted by molar-refractivity contribution is 8.10. The summed E-state index contributed by atoms with van der Waals surface area (Å²) >= 11 is 22.5. The molecule has 0 aliphatic rings. The largest absolute Gasteiger partial charge is 0.329 e. The Labute approximate surface area is 124 Å². The highest BCUT2D eigenvalue weighted by Gasteiger charge is 2.36. The zero-order chi connectivity index (χ0) is 13.7. The van der Waals surface area contributed by atoms with Crippen molar-refractivity contribution in [3.8, 4) is 0 Å². The first-order chi connectivity index (χ1) is 7.52. The lowest BCUT2D eigenvalue weighted by Gasteiger charge is -2.34. The molecular weight excluding hydrogens is 322 g/mol. The predicted molar refractivity (Wildman–Crippen MR) is 81.1 cm³/mol. The first kappa shape index (κ1) is 18.4. The molecule has 1 atom stereocenters. The summed E-state index contributed by atoms with van der Waals surface area (Å²) in [6.07, 6.45) is 2.00. The molecule has 0 rings (SSSR count). The van der Waals surface area contributed by atoms with Gasteiger partial charge in [0.2, 0.25) is 3.79 Å². The maximum atomic E-state index is 5.76. The summed E-state index contributed by atoms with van der Waals surface area (Å²) in [7, 11) is 0. The lowest BCUT2D eigenvalue weighted by Crippen LogP contribution is -2.22. The van der Waals surface area contributed by atoms with E-state index in [1.165, 1.54) is 0 Å². The Morgan fingerprint density at radius 1 is 1.12 bits per heavy atom. The second kappa shape index (κ2) is 7.28. The summed E-state index contributed by atoms with van der Waals surface area (Å²) in [5.41, 5.74) is 0. The zero-order valence-corrected chi connectivity index (χ0v) is 14.6. The van der Waals surface area contributed by atoms with Crippen molar-refractivity contribution in [3.05, 3.63) is 0 Å². The van der Waals surface area contributed by atoms with Gasteiger partial charge in [0.1, 0.15) is 6.61 Å². The quantitative estimate of drug-likeness (QED) is 0.371. The molecule has 0 aromatic rings. The molecule has 0 amide bonds. The lowest BCUT2D eigenvalue weighted by atomic mass is 10.3. The van der Waals surface area contributed by atoms with Gasteiger partial charge in [-0.25, -0.2) is 0 Å². The van der Waals surface area contributed by atoms with E-state index in [1.807, 2.05) is 20.8 Å². The standard InChI is InChI=1S/C10H20Cl3O2PS/c1-5-6-7-14-16(17,9(2,3)4)15-8-10(11,12)13/h5-8H2,1-4H3. The van der Waals surface area contributed by atoms with E-state index in [0.717, 1.165) is 12.8 Å². The Morgan fingerprint density at radius 2 is 1.65 bits per heavy atom. The molecule has 0 heterocycles. The van der Waals surface area contributed by atoms with Crippen LogP contribution in [0.5, 0.6) is 0 Å². The Hall–Kier alpha value is 1.44. The van der Waals surface area contributed by atoms with Crippen molar-refractivity contribution in [2.75, 3.05) is 13.2 Å². The number of hydrogen-bond donors (Lipinski definition) is 0. The monoisotopic (exact) mass is 340 g/mol. The Balaban J connectivity index is 4.58. The highest BCUT2D eigenvalue weighted by atomic mass is 35.6. The van der Waals surface area contributed by atoms with Crippen LogP contribution in [0.1, 0.15) is 40.5 Å². The molecule has 2 nitrogen and oxygen atoms in total. The van der Waals surface area contributed by atoms with Crippen molar-refractivity contribution in [3.63, 3.8) is 0 Å². The molecular formula is C10H20Cl3O2PS. The summed E-state index contributed by atoms with van der Waals surface area (Å²) in [4.78, 5) is 0. The molecule has 1 unspecified atom stereocenters. The minimum absolute atomic E-state index is 0.0433. The number of hydrogen-bond acceptors (Lipinski definition) is 3. The van der Waals surface area contributed by atoms with Crippen molar-refractivity contribution >= 4 is 53.1 Å². The SMILES string of the molecule is CCCCOP(=S)(OCC(Cl)(Cl)Cl)C(C)(C)C. The van der Waals surface area contributed by atoms with Gasteiger partial charge in [0.25, 0.3) is 0 Å². The van der Waals surface area contributed by atoms with Gasteiger partial charge < -0.3 is 9.05 Å². The van der Waals surface area contributed by atoms with E-state index < -0.39 is 10.3 Å².